The molecule has 4 aromatic rings. The third kappa shape index (κ3) is 3.37. The normalized spacial score (nSPS) is 18.9. The van der Waals surface area contributed by atoms with Gasteiger partial charge in [0.2, 0.25) is 0 Å². The molecule has 1 atom stereocenters. The highest BCUT2D eigenvalue weighted by Gasteiger charge is 2.50. The van der Waals surface area contributed by atoms with E-state index in [1.165, 1.54) is 4.80 Å². The van der Waals surface area contributed by atoms with Crippen molar-refractivity contribution in [3.8, 4) is 16.9 Å². The molecule has 0 radical (unpaired) electrons. The maximum Gasteiger partial charge on any atom is 0.322 e. The number of imide groups is 1. The lowest BCUT2D eigenvalue weighted by Crippen LogP contribution is -2.52. The lowest BCUT2D eigenvalue weighted by molar-refractivity contribution is -0.124. The number of carbonyl (C=O) groups is 3. The van der Waals surface area contributed by atoms with Gasteiger partial charge in [-0.2, -0.15) is 15.0 Å². The number of amides is 4. The highest BCUT2D eigenvalue weighted by atomic mass is 16.5. The van der Waals surface area contributed by atoms with Gasteiger partial charge < -0.3 is 15.0 Å². The molecule has 180 valence electrons. The average molecular weight is 483 g/mol. The summed E-state index contributed by atoms with van der Waals surface area (Å²) >= 11 is 0. The van der Waals surface area contributed by atoms with Crippen LogP contribution in [0.2, 0.25) is 0 Å². The Morgan fingerprint density at radius 2 is 1.69 bits per heavy atom. The van der Waals surface area contributed by atoms with Gasteiger partial charge >= 0.3 is 6.03 Å². The van der Waals surface area contributed by atoms with E-state index in [1.54, 1.807) is 43.3 Å². The van der Waals surface area contributed by atoms with Gasteiger partial charge in [-0.3, -0.25) is 14.9 Å². The monoisotopic (exact) mass is 482 g/mol. The first kappa shape index (κ1) is 21.8. The van der Waals surface area contributed by atoms with Crippen molar-refractivity contribution in [1.82, 2.24) is 30.5 Å². The van der Waals surface area contributed by atoms with Crippen LogP contribution in [0.5, 0.6) is 5.75 Å². The van der Waals surface area contributed by atoms with Gasteiger partial charge in [0.15, 0.2) is 5.54 Å². The molecule has 2 aliphatic rings. The smallest absolute Gasteiger partial charge is 0.322 e. The van der Waals surface area contributed by atoms with E-state index in [1.807, 2.05) is 36.4 Å². The first-order valence-corrected chi connectivity index (χ1v) is 11.4. The van der Waals surface area contributed by atoms with Crippen molar-refractivity contribution in [3.63, 3.8) is 0 Å². The standard InChI is InChI=1S/C26H22N6O4/c1-31-29-21-10-6-16(11-22(21)30-31)15-3-7-18(8-4-15)26(24(34)27-25(35)28-26)14-32-13-17-5-9-19(36-2)12-20(17)23(32)33/h3-12H,13-14H2,1-2H3,(H2,27,28,34,35)/t26-/m0/s1. The fraction of sp³-hybridized carbons (Fsp3) is 0.192. The predicted molar refractivity (Wildman–Crippen MR) is 130 cm³/mol. The zero-order chi connectivity index (χ0) is 25.0. The highest BCUT2D eigenvalue weighted by molar-refractivity contribution is 6.08. The van der Waals surface area contributed by atoms with Gasteiger partial charge in [-0.1, -0.05) is 36.4 Å². The van der Waals surface area contributed by atoms with E-state index in [2.05, 4.69) is 20.8 Å². The molecular formula is C26H22N6O4. The second-order valence-electron chi connectivity index (χ2n) is 8.97. The minimum Gasteiger partial charge on any atom is -0.497 e. The first-order chi connectivity index (χ1) is 17.4. The Labute approximate surface area is 205 Å². The van der Waals surface area contributed by atoms with E-state index < -0.39 is 17.5 Å². The number of rotatable bonds is 5. The van der Waals surface area contributed by atoms with E-state index in [9.17, 15) is 14.4 Å². The molecule has 0 unspecified atom stereocenters. The molecule has 0 bridgehead atoms. The van der Waals surface area contributed by atoms with Crippen LogP contribution in [0.25, 0.3) is 22.2 Å². The molecule has 2 N–H and O–H groups in total. The van der Waals surface area contributed by atoms with Crippen LogP contribution in [0, 0.1) is 0 Å². The third-order valence-electron chi connectivity index (χ3n) is 6.76. The van der Waals surface area contributed by atoms with Crippen molar-refractivity contribution in [2.45, 2.75) is 12.1 Å². The number of benzene rings is 3. The van der Waals surface area contributed by atoms with E-state index >= 15 is 0 Å². The number of urea groups is 1. The zero-order valence-corrected chi connectivity index (χ0v) is 19.6. The molecular weight excluding hydrogens is 460 g/mol. The number of aryl methyl sites for hydroxylation is 1. The largest absolute Gasteiger partial charge is 0.497 e. The summed E-state index contributed by atoms with van der Waals surface area (Å²) in [5, 5.41) is 13.8. The number of methoxy groups -OCH3 is 1. The summed E-state index contributed by atoms with van der Waals surface area (Å²) in [6, 6.07) is 17.9. The minimum absolute atomic E-state index is 0.00862. The van der Waals surface area contributed by atoms with Crippen molar-refractivity contribution >= 4 is 28.9 Å². The number of fused-ring (bicyclic) bond motifs is 2. The van der Waals surface area contributed by atoms with Crippen LogP contribution in [-0.2, 0) is 23.9 Å². The predicted octanol–water partition coefficient (Wildman–Crippen LogP) is 2.33. The maximum atomic E-state index is 13.2. The molecule has 1 saturated heterocycles. The highest BCUT2D eigenvalue weighted by Crippen LogP contribution is 2.33. The average Bonchev–Trinajstić information content (AvgIpc) is 3.50. The molecule has 4 amide bonds. The summed E-state index contributed by atoms with van der Waals surface area (Å²) in [6.07, 6.45) is 0. The lowest BCUT2D eigenvalue weighted by Gasteiger charge is -2.31. The Balaban J connectivity index is 1.33. The quantitative estimate of drug-likeness (QED) is 0.422. The molecule has 0 spiro atoms. The third-order valence-corrected chi connectivity index (χ3v) is 6.76. The molecule has 6 rings (SSSR count). The Hall–Kier alpha value is -4.73. The maximum absolute atomic E-state index is 13.2. The SMILES string of the molecule is COc1ccc2c(c1)C(=O)N(C[C@@]1(c3ccc(-c4ccc5nn(C)nc5c4)cc3)NC(=O)NC1=O)C2. The van der Waals surface area contributed by atoms with Gasteiger partial charge in [0.05, 0.1) is 13.7 Å². The molecule has 1 aromatic heterocycles. The van der Waals surface area contributed by atoms with Crippen molar-refractivity contribution in [1.29, 1.82) is 0 Å². The second-order valence-corrected chi connectivity index (χ2v) is 8.97. The van der Waals surface area contributed by atoms with Crippen molar-refractivity contribution < 1.29 is 19.1 Å². The summed E-state index contributed by atoms with van der Waals surface area (Å²) in [5.74, 6) is -0.130. The molecule has 10 heteroatoms. The number of ether oxygens (including phenoxy) is 1. The molecule has 0 saturated carbocycles. The first-order valence-electron chi connectivity index (χ1n) is 11.4. The van der Waals surface area contributed by atoms with E-state index in [4.69, 9.17) is 4.74 Å². The van der Waals surface area contributed by atoms with E-state index in [0.29, 0.717) is 23.4 Å². The van der Waals surface area contributed by atoms with Crippen LogP contribution in [0.3, 0.4) is 0 Å². The molecule has 2 aliphatic heterocycles. The molecule has 36 heavy (non-hydrogen) atoms. The van der Waals surface area contributed by atoms with Gasteiger partial charge in [-0.05, 0) is 46.5 Å². The van der Waals surface area contributed by atoms with Gasteiger partial charge in [0.25, 0.3) is 11.8 Å². The van der Waals surface area contributed by atoms with E-state index in [0.717, 1.165) is 27.7 Å². The van der Waals surface area contributed by atoms with Gasteiger partial charge in [-0.25, -0.2) is 4.79 Å². The van der Waals surface area contributed by atoms with Crippen LogP contribution in [0.15, 0.2) is 60.7 Å². The summed E-state index contributed by atoms with van der Waals surface area (Å²) in [5.41, 5.74) is 3.99. The number of nitrogens with zero attached hydrogens (tertiary/aromatic N) is 4. The number of hydrogen-bond donors (Lipinski definition) is 2. The van der Waals surface area contributed by atoms with Crippen molar-refractivity contribution in [2.75, 3.05) is 13.7 Å². The van der Waals surface area contributed by atoms with Crippen LogP contribution in [0.4, 0.5) is 4.79 Å². The summed E-state index contributed by atoms with van der Waals surface area (Å²) in [4.78, 5) is 41.6. The van der Waals surface area contributed by atoms with Crippen LogP contribution >= 0.6 is 0 Å². The molecule has 3 heterocycles. The fourth-order valence-corrected chi connectivity index (χ4v) is 4.93. The molecule has 0 aliphatic carbocycles. The fourth-order valence-electron chi connectivity index (χ4n) is 4.93. The second kappa shape index (κ2) is 7.91. The van der Waals surface area contributed by atoms with Gasteiger partial charge in [0.1, 0.15) is 16.8 Å². The van der Waals surface area contributed by atoms with Gasteiger partial charge in [0, 0.05) is 19.2 Å². The zero-order valence-electron chi connectivity index (χ0n) is 19.6. The summed E-state index contributed by atoms with van der Waals surface area (Å²) in [7, 11) is 3.32. The van der Waals surface area contributed by atoms with Gasteiger partial charge in [-0.15, -0.1) is 0 Å². The van der Waals surface area contributed by atoms with Crippen molar-refractivity contribution in [3.05, 3.63) is 77.4 Å². The van der Waals surface area contributed by atoms with Crippen LogP contribution < -0.4 is 15.4 Å². The minimum atomic E-state index is -1.41. The van der Waals surface area contributed by atoms with E-state index in [-0.39, 0.29) is 12.5 Å². The Morgan fingerprint density at radius 1 is 0.944 bits per heavy atom. The Bertz CT molecular complexity index is 1560. The molecule has 1 fully saturated rings. The number of hydrogen-bond acceptors (Lipinski definition) is 6. The summed E-state index contributed by atoms with van der Waals surface area (Å²) in [6.45, 7) is 0.324. The lowest BCUT2D eigenvalue weighted by atomic mass is 9.88. The Morgan fingerprint density at radius 3 is 2.42 bits per heavy atom. The summed E-state index contributed by atoms with van der Waals surface area (Å²) < 4.78 is 5.25. The topological polar surface area (TPSA) is 118 Å². The molecule has 10 nitrogen and oxygen atoms in total. The van der Waals surface area contributed by atoms with Crippen molar-refractivity contribution in [2.24, 2.45) is 7.05 Å². The Kier molecular flexibility index (Phi) is 4.78. The van der Waals surface area contributed by atoms with Crippen LogP contribution in [-0.4, -0.2) is 51.4 Å². The number of nitrogens with one attached hydrogen (secondary N) is 2. The van der Waals surface area contributed by atoms with Crippen LogP contribution in [0.1, 0.15) is 21.5 Å². The molecule has 3 aromatic carbocycles. The number of carbonyl (C=O) groups excluding carboxylic acids is 3. The number of aromatic nitrogens is 3.